The topological polar surface area (TPSA) is 35.2 Å². The maximum atomic E-state index is 6.67. The molecule has 1 unspecified atom stereocenters. The zero-order chi connectivity index (χ0) is 13.3. The Morgan fingerprint density at radius 3 is 2.68 bits per heavy atom. The average Bonchev–Trinajstić information content (AvgIpc) is 2.77. The zero-order valence-corrected chi connectivity index (χ0v) is 11.2. The van der Waals surface area contributed by atoms with Gasteiger partial charge in [-0.1, -0.05) is 36.4 Å². The van der Waals surface area contributed by atoms with Gasteiger partial charge in [-0.2, -0.15) is 0 Å². The first-order valence-electron chi connectivity index (χ1n) is 6.71. The number of ether oxygens (including phenoxy) is 1. The molecule has 1 atom stereocenters. The van der Waals surface area contributed by atoms with Crippen LogP contribution in [0.4, 0.5) is 0 Å². The minimum Gasteiger partial charge on any atom is -0.497 e. The van der Waals surface area contributed by atoms with E-state index in [1.165, 1.54) is 16.7 Å². The second kappa shape index (κ2) is 4.71. The molecular formula is C17H19NO. The van der Waals surface area contributed by atoms with Gasteiger partial charge in [0.1, 0.15) is 5.75 Å². The molecule has 0 aromatic heterocycles. The number of aryl methyl sites for hydroxylation is 1. The summed E-state index contributed by atoms with van der Waals surface area (Å²) in [5.41, 5.74) is 10.3. The third kappa shape index (κ3) is 2.24. The monoisotopic (exact) mass is 253 g/mol. The Morgan fingerprint density at radius 2 is 1.95 bits per heavy atom. The smallest absolute Gasteiger partial charge is 0.119 e. The fourth-order valence-electron chi connectivity index (χ4n) is 3.00. The van der Waals surface area contributed by atoms with Crippen molar-refractivity contribution in [3.63, 3.8) is 0 Å². The van der Waals surface area contributed by atoms with E-state index in [0.29, 0.717) is 0 Å². The van der Waals surface area contributed by atoms with Crippen molar-refractivity contribution >= 4 is 0 Å². The number of nitrogens with two attached hydrogens (primary N) is 1. The van der Waals surface area contributed by atoms with Gasteiger partial charge in [-0.05, 0) is 48.1 Å². The molecule has 2 heteroatoms. The fraction of sp³-hybridized carbons (Fsp3) is 0.294. The first kappa shape index (κ1) is 12.2. The summed E-state index contributed by atoms with van der Waals surface area (Å²) in [5, 5.41) is 0. The highest BCUT2D eigenvalue weighted by Crippen LogP contribution is 2.39. The van der Waals surface area contributed by atoms with E-state index in [1.54, 1.807) is 7.11 Å². The molecule has 2 N–H and O–H groups in total. The van der Waals surface area contributed by atoms with Gasteiger partial charge >= 0.3 is 0 Å². The molecule has 0 bridgehead atoms. The van der Waals surface area contributed by atoms with Crippen LogP contribution in [0.3, 0.4) is 0 Å². The largest absolute Gasteiger partial charge is 0.497 e. The highest BCUT2D eigenvalue weighted by Gasteiger charge is 2.35. The average molecular weight is 253 g/mol. The van der Waals surface area contributed by atoms with E-state index in [9.17, 15) is 0 Å². The summed E-state index contributed by atoms with van der Waals surface area (Å²) in [7, 11) is 1.70. The van der Waals surface area contributed by atoms with Crippen LogP contribution in [0.5, 0.6) is 5.75 Å². The Kier molecular flexibility index (Phi) is 3.03. The van der Waals surface area contributed by atoms with E-state index in [2.05, 4.69) is 36.4 Å². The summed E-state index contributed by atoms with van der Waals surface area (Å²) in [6, 6.07) is 16.7. The lowest BCUT2D eigenvalue weighted by molar-refractivity contribution is 0.407. The van der Waals surface area contributed by atoms with Crippen LogP contribution in [0, 0.1) is 0 Å². The highest BCUT2D eigenvalue weighted by atomic mass is 16.5. The lowest BCUT2D eigenvalue weighted by atomic mass is 9.86. The van der Waals surface area contributed by atoms with Crippen LogP contribution in [0.25, 0.3) is 0 Å². The summed E-state index contributed by atoms with van der Waals surface area (Å²) in [6.07, 6.45) is 2.95. The van der Waals surface area contributed by atoms with Crippen molar-refractivity contribution in [3.8, 4) is 5.75 Å². The Balaban J connectivity index is 1.95. The fourth-order valence-corrected chi connectivity index (χ4v) is 3.00. The van der Waals surface area contributed by atoms with Crippen molar-refractivity contribution in [2.24, 2.45) is 5.73 Å². The Labute approximate surface area is 114 Å². The van der Waals surface area contributed by atoms with Gasteiger partial charge in [0.15, 0.2) is 0 Å². The minimum atomic E-state index is -0.259. The second-order valence-electron chi connectivity index (χ2n) is 5.34. The lowest BCUT2D eigenvalue weighted by Gasteiger charge is -2.26. The van der Waals surface area contributed by atoms with Crippen LogP contribution in [0.2, 0.25) is 0 Å². The molecule has 19 heavy (non-hydrogen) atoms. The first-order chi connectivity index (χ1) is 9.21. The third-order valence-electron chi connectivity index (χ3n) is 4.06. The molecule has 2 aromatic carbocycles. The van der Waals surface area contributed by atoms with Crippen molar-refractivity contribution in [2.75, 3.05) is 7.11 Å². The number of benzene rings is 2. The van der Waals surface area contributed by atoms with Crippen LogP contribution in [-0.4, -0.2) is 7.11 Å². The van der Waals surface area contributed by atoms with Gasteiger partial charge < -0.3 is 10.5 Å². The molecule has 3 rings (SSSR count). The van der Waals surface area contributed by atoms with E-state index in [1.807, 2.05) is 12.1 Å². The molecule has 2 aromatic rings. The summed E-state index contributed by atoms with van der Waals surface area (Å²) in [5.74, 6) is 0.892. The highest BCUT2D eigenvalue weighted by molar-refractivity contribution is 5.44. The van der Waals surface area contributed by atoms with Gasteiger partial charge in [-0.25, -0.2) is 0 Å². The van der Waals surface area contributed by atoms with Crippen molar-refractivity contribution in [2.45, 2.75) is 24.8 Å². The van der Waals surface area contributed by atoms with Crippen molar-refractivity contribution < 1.29 is 4.74 Å². The van der Waals surface area contributed by atoms with Gasteiger partial charge in [0.25, 0.3) is 0 Å². The normalized spacial score (nSPS) is 21.2. The van der Waals surface area contributed by atoms with E-state index in [4.69, 9.17) is 10.5 Å². The number of hydrogen-bond donors (Lipinski definition) is 1. The molecule has 0 saturated heterocycles. The van der Waals surface area contributed by atoms with E-state index in [-0.39, 0.29) is 5.54 Å². The van der Waals surface area contributed by atoms with Crippen LogP contribution in [0.15, 0.2) is 48.5 Å². The molecule has 0 saturated carbocycles. The van der Waals surface area contributed by atoms with E-state index in [0.717, 1.165) is 25.0 Å². The number of hydrogen-bond acceptors (Lipinski definition) is 2. The third-order valence-corrected chi connectivity index (χ3v) is 4.06. The zero-order valence-electron chi connectivity index (χ0n) is 11.2. The molecule has 1 aliphatic carbocycles. The molecule has 0 fully saturated rings. The predicted octanol–water partition coefficient (Wildman–Crippen LogP) is 3.04. The summed E-state index contributed by atoms with van der Waals surface area (Å²) in [4.78, 5) is 0. The van der Waals surface area contributed by atoms with Crippen LogP contribution in [-0.2, 0) is 18.4 Å². The van der Waals surface area contributed by atoms with Crippen molar-refractivity contribution in [3.05, 3.63) is 65.2 Å². The quantitative estimate of drug-likeness (QED) is 0.912. The van der Waals surface area contributed by atoms with Gasteiger partial charge in [0.05, 0.1) is 7.11 Å². The number of rotatable bonds is 3. The molecule has 0 aliphatic heterocycles. The molecule has 0 radical (unpaired) electrons. The molecule has 98 valence electrons. The van der Waals surface area contributed by atoms with Crippen LogP contribution >= 0.6 is 0 Å². The summed E-state index contributed by atoms with van der Waals surface area (Å²) < 4.78 is 5.33. The van der Waals surface area contributed by atoms with Gasteiger partial charge in [-0.15, -0.1) is 0 Å². The minimum absolute atomic E-state index is 0.259. The van der Waals surface area contributed by atoms with E-state index < -0.39 is 0 Å². The summed E-state index contributed by atoms with van der Waals surface area (Å²) in [6.45, 7) is 0. The Morgan fingerprint density at radius 1 is 1.16 bits per heavy atom. The molecular weight excluding hydrogens is 234 g/mol. The molecule has 0 heterocycles. The predicted molar refractivity (Wildman–Crippen MR) is 77.3 cm³/mol. The SMILES string of the molecule is COc1ccc2c(c1)C(N)(Cc1ccccc1)CC2. The van der Waals surface area contributed by atoms with Crippen LogP contribution < -0.4 is 10.5 Å². The molecule has 0 spiro atoms. The maximum Gasteiger partial charge on any atom is 0.119 e. The maximum absolute atomic E-state index is 6.67. The lowest BCUT2D eigenvalue weighted by Crippen LogP contribution is -2.36. The summed E-state index contributed by atoms with van der Waals surface area (Å²) >= 11 is 0. The molecule has 2 nitrogen and oxygen atoms in total. The molecule has 1 aliphatic rings. The number of fused-ring (bicyclic) bond motifs is 1. The van der Waals surface area contributed by atoms with Gasteiger partial charge in [0, 0.05) is 5.54 Å². The Hall–Kier alpha value is -1.80. The van der Waals surface area contributed by atoms with E-state index >= 15 is 0 Å². The van der Waals surface area contributed by atoms with Gasteiger partial charge in [-0.3, -0.25) is 0 Å². The first-order valence-corrected chi connectivity index (χ1v) is 6.71. The second-order valence-corrected chi connectivity index (χ2v) is 5.34. The van der Waals surface area contributed by atoms with Gasteiger partial charge in [0.2, 0.25) is 0 Å². The van der Waals surface area contributed by atoms with Crippen molar-refractivity contribution in [1.29, 1.82) is 0 Å². The number of methoxy groups -OCH3 is 1. The standard InChI is InChI=1S/C17H19NO/c1-19-15-8-7-14-9-10-17(18,16(14)11-15)12-13-5-3-2-4-6-13/h2-8,11H,9-10,12,18H2,1H3. The molecule has 0 amide bonds. The Bertz CT molecular complexity index is 579. The van der Waals surface area contributed by atoms with Crippen LogP contribution in [0.1, 0.15) is 23.1 Å². The van der Waals surface area contributed by atoms with Crippen molar-refractivity contribution in [1.82, 2.24) is 0 Å².